The molecule has 2 heterocycles. The van der Waals surface area contributed by atoms with E-state index < -0.39 is 37.4 Å². The van der Waals surface area contributed by atoms with Gasteiger partial charge in [0, 0.05) is 22.6 Å². The topological polar surface area (TPSA) is 115 Å². The maximum atomic E-state index is 15.7. The first-order valence-corrected chi connectivity index (χ1v) is 22.5. The van der Waals surface area contributed by atoms with Crippen LogP contribution < -0.4 is 9.47 Å². The number of Topliss-reactive ketones (excluding diaryl/α,β-unsaturated/α-hetero) is 2. The number of hydrogen-bond acceptors (Lipinski definition) is 10. The Balaban J connectivity index is 1.37. The van der Waals surface area contributed by atoms with Crippen molar-refractivity contribution >= 4 is 25.6 Å². The number of ketones is 2. The minimum atomic E-state index is -2.84. The summed E-state index contributed by atoms with van der Waals surface area (Å²) in [4.78, 5) is 35.7. The highest BCUT2D eigenvalue weighted by molar-refractivity contribution is 6.74. The molecule has 2 fully saturated rings. The van der Waals surface area contributed by atoms with Crippen molar-refractivity contribution in [2.24, 2.45) is 11.8 Å². The Bertz CT molecular complexity index is 1960. The number of carbonyl (C=O) groups excluding carboxylic acids is 2. The number of aliphatic hydroxyl groups excluding tert-OH is 1. The lowest BCUT2D eigenvalue weighted by Crippen LogP contribution is -2.68. The van der Waals surface area contributed by atoms with Crippen LogP contribution in [0.4, 0.5) is 0 Å². The van der Waals surface area contributed by atoms with Gasteiger partial charge in [-0.2, -0.15) is 0 Å². The number of aromatic nitrogens is 1. The van der Waals surface area contributed by atoms with Gasteiger partial charge < -0.3 is 28.4 Å². The number of hydrogen-bond donors (Lipinski definition) is 1. The van der Waals surface area contributed by atoms with Crippen molar-refractivity contribution in [2.75, 3.05) is 40.8 Å². The molecule has 7 rings (SSSR count). The quantitative estimate of drug-likeness (QED) is 0.153. The molecule has 0 unspecified atom stereocenters. The lowest BCUT2D eigenvalue weighted by molar-refractivity contribution is -0.140. The van der Waals surface area contributed by atoms with E-state index in [-0.39, 0.29) is 40.3 Å². The summed E-state index contributed by atoms with van der Waals surface area (Å²) < 4.78 is 25.5. The second-order valence-corrected chi connectivity index (χ2v) is 22.3. The van der Waals surface area contributed by atoms with Crippen LogP contribution >= 0.6 is 0 Å². The first kappa shape index (κ1) is 38.5. The van der Waals surface area contributed by atoms with E-state index in [1.807, 2.05) is 56.3 Å². The second kappa shape index (κ2) is 14.4. The van der Waals surface area contributed by atoms with Crippen LogP contribution in [0.25, 0.3) is 5.76 Å². The van der Waals surface area contributed by atoms with Gasteiger partial charge in [0.25, 0.3) is 5.88 Å². The number of rotatable bonds is 11. The van der Waals surface area contributed by atoms with E-state index in [0.29, 0.717) is 24.2 Å². The molecule has 0 bridgehead atoms. The number of ether oxygens (including phenoxy) is 2. The van der Waals surface area contributed by atoms with E-state index in [1.165, 1.54) is 12.8 Å². The molecule has 3 aromatic rings. The third-order valence-corrected chi connectivity index (χ3v) is 17.4. The van der Waals surface area contributed by atoms with Crippen molar-refractivity contribution in [1.82, 2.24) is 15.0 Å². The predicted octanol–water partition coefficient (Wildman–Crippen LogP) is 7.89. The summed E-state index contributed by atoms with van der Waals surface area (Å²) in [6.07, 6.45) is 5.23. The van der Waals surface area contributed by atoms with Crippen molar-refractivity contribution in [2.45, 2.75) is 103 Å². The molecule has 4 aliphatic rings. The van der Waals surface area contributed by atoms with Gasteiger partial charge in [0.05, 0.1) is 13.2 Å². The minimum Gasteiger partial charge on any atom is -0.507 e. The molecule has 3 aliphatic carbocycles. The average molecular weight is 756 g/mol. The fourth-order valence-corrected chi connectivity index (χ4v) is 10.6. The Hall–Kier alpha value is -3.77. The normalized spacial score (nSPS) is 24.4. The third kappa shape index (κ3) is 6.34. The van der Waals surface area contributed by atoms with Gasteiger partial charge in [0.1, 0.15) is 23.7 Å². The van der Waals surface area contributed by atoms with Crippen LogP contribution in [0.2, 0.25) is 18.1 Å². The zero-order chi connectivity index (χ0) is 38.7. The molecule has 0 radical (unpaired) electrons. The van der Waals surface area contributed by atoms with Gasteiger partial charge in [-0.3, -0.25) is 14.5 Å². The number of aliphatic hydroxyl groups is 1. The summed E-state index contributed by atoms with van der Waals surface area (Å²) in [5, 5.41) is 16.4. The molecular weight excluding hydrogens is 699 g/mol. The van der Waals surface area contributed by atoms with Gasteiger partial charge in [-0.15, -0.1) is 0 Å². The molecule has 290 valence electrons. The van der Waals surface area contributed by atoms with E-state index in [1.54, 1.807) is 7.11 Å². The van der Waals surface area contributed by atoms with Crippen LogP contribution in [0.1, 0.15) is 96.4 Å². The van der Waals surface area contributed by atoms with E-state index >= 15 is 9.59 Å². The van der Waals surface area contributed by atoms with Gasteiger partial charge in [-0.25, -0.2) is 0 Å². The van der Waals surface area contributed by atoms with Gasteiger partial charge in [-0.05, 0) is 131 Å². The zero-order valence-electron chi connectivity index (χ0n) is 33.5. The van der Waals surface area contributed by atoms with E-state index in [2.05, 4.69) is 50.0 Å². The summed E-state index contributed by atoms with van der Waals surface area (Å²) >= 11 is 0. The summed E-state index contributed by atoms with van der Waals surface area (Å²) in [5.41, 5.74) is 2.98. The molecule has 1 aromatic heterocycles. The number of aryl methyl sites for hydroxylation is 1. The lowest BCUT2D eigenvalue weighted by atomic mass is 9.57. The second-order valence-electron chi connectivity index (χ2n) is 17.5. The van der Waals surface area contributed by atoms with Crippen molar-refractivity contribution in [3.05, 3.63) is 81.1 Å². The summed E-state index contributed by atoms with van der Waals surface area (Å²) in [6, 6.07) is 11.2. The van der Waals surface area contributed by atoms with Crippen molar-refractivity contribution in [3.63, 3.8) is 0 Å². The maximum absolute atomic E-state index is 15.7. The SMILES string of the molecule is COc1cc(CCCN2CCCC2)c(C)c2c1C[C@H]1C[C@H]3[C@H](N(C)C)c4onc(OCc5ccccc5)c4C(=O)[C@@]3(O[Si](C)(C)C(C)(C)C)C(=O)C1=C2O. The van der Waals surface area contributed by atoms with Crippen molar-refractivity contribution in [1.29, 1.82) is 0 Å². The molecule has 11 heteroatoms. The van der Waals surface area contributed by atoms with Crippen molar-refractivity contribution in [3.8, 4) is 11.6 Å². The van der Waals surface area contributed by atoms with Crippen LogP contribution in [0.5, 0.6) is 11.6 Å². The molecule has 1 aliphatic heterocycles. The molecule has 1 N–H and O–H groups in total. The number of nitrogens with zero attached hydrogens (tertiary/aromatic N) is 3. The molecule has 10 nitrogen and oxygen atoms in total. The highest BCUT2D eigenvalue weighted by atomic mass is 28.4. The monoisotopic (exact) mass is 755 g/mol. The molecule has 4 atom stereocenters. The standard InChI is InChI=1S/C43H57N3O7Si/c1-26-28(18-15-21-46-19-13-14-20-46)24-32(50-7)30-22-29-23-31-36(45(5)6)38-35(41(44-52-38)51-25-27-16-11-10-12-17-27)40(49)43(31,53-54(8,9)42(2,3)4)39(48)34(29)37(47)33(26)30/h10-12,16-17,24,29,31,36,47H,13-15,18-23,25H2,1-9H3/t29-,31-,36-,43-/m0/s1. The molecule has 1 saturated heterocycles. The lowest BCUT2D eigenvalue weighted by Gasteiger charge is -2.55. The molecule has 2 aromatic carbocycles. The van der Waals surface area contributed by atoms with Crippen LogP contribution in [-0.2, 0) is 28.7 Å². The Morgan fingerprint density at radius 2 is 1.78 bits per heavy atom. The number of fused-ring (bicyclic) bond motifs is 4. The van der Waals surface area contributed by atoms with Crippen LogP contribution in [0, 0.1) is 18.8 Å². The van der Waals surface area contributed by atoms with E-state index in [9.17, 15) is 5.11 Å². The molecule has 54 heavy (non-hydrogen) atoms. The fraction of sp³-hybridized carbons (Fsp3) is 0.558. The largest absolute Gasteiger partial charge is 0.507 e. The summed E-state index contributed by atoms with van der Waals surface area (Å²) in [5.74, 6) is -0.880. The predicted molar refractivity (Wildman–Crippen MR) is 211 cm³/mol. The Kier molecular flexibility index (Phi) is 10.3. The molecule has 1 saturated carbocycles. The van der Waals surface area contributed by atoms with Gasteiger partial charge in [-0.1, -0.05) is 51.1 Å². The van der Waals surface area contributed by atoms with Crippen molar-refractivity contribution < 1.29 is 33.1 Å². The highest BCUT2D eigenvalue weighted by Gasteiger charge is 2.69. The third-order valence-electron chi connectivity index (χ3n) is 13.0. The fourth-order valence-electron chi connectivity index (χ4n) is 9.17. The van der Waals surface area contributed by atoms with E-state index in [0.717, 1.165) is 60.5 Å². The zero-order valence-corrected chi connectivity index (χ0v) is 34.5. The Morgan fingerprint density at radius 1 is 1.07 bits per heavy atom. The summed E-state index contributed by atoms with van der Waals surface area (Å²) in [7, 11) is 2.68. The molecule has 0 amide bonds. The Morgan fingerprint density at radius 3 is 2.43 bits per heavy atom. The average Bonchev–Trinajstić information content (AvgIpc) is 3.79. The maximum Gasteiger partial charge on any atom is 0.265 e. The highest BCUT2D eigenvalue weighted by Crippen LogP contribution is 2.59. The first-order valence-electron chi connectivity index (χ1n) is 19.6. The van der Waals surface area contributed by atoms with Gasteiger partial charge >= 0.3 is 0 Å². The van der Waals surface area contributed by atoms with Crippen LogP contribution in [0.15, 0.2) is 46.5 Å². The van der Waals surface area contributed by atoms with Gasteiger partial charge in [0.15, 0.2) is 19.7 Å². The Labute approximate surface area is 320 Å². The number of benzene rings is 2. The molecular formula is C43H57N3O7Si. The number of carbonyl (C=O) groups is 2. The molecule has 0 spiro atoms. The van der Waals surface area contributed by atoms with E-state index in [4.69, 9.17) is 18.4 Å². The first-order chi connectivity index (χ1) is 25.6. The number of methoxy groups -OCH3 is 1. The van der Waals surface area contributed by atoms with Crippen LogP contribution in [0.3, 0.4) is 0 Å². The van der Waals surface area contributed by atoms with Gasteiger partial charge in [0.2, 0.25) is 11.6 Å². The minimum absolute atomic E-state index is 0.0450. The summed E-state index contributed by atoms with van der Waals surface area (Å²) in [6.45, 7) is 16.0. The number of likely N-dealkylation sites (tertiary alicyclic amines) is 1. The van der Waals surface area contributed by atoms with Crippen LogP contribution in [-0.4, -0.2) is 86.4 Å². The smallest absolute Gasteiger partial charge is 0.265 e.